The monoisotopic (exact) mass is 364 g/mol. The number of alkyl halides is 3. The van der Waals surface area contributed by atoms with E-state index in [9.17, 15) is 31.5 Å². The lowest BCUT2D eigenvalue weighted by atomic mass is 9.95. The zero-order chi connectivity index (χ0) is 18.1. The molecule has 2 atom stereocenters. The number of nitrogens with zero attached hydrogens (tertiary/aromatic N) is 1. The van der Waals surface area contributed by atoms with Crippen molar-refractivity contribution in [2.75, 3.05) is 13.1 Å². The number of sulfone groups is 1. The number of benzene rings is 1. The normalized spacial score (nSPS) is 20.7. The maximum atomic E-state index is 12.8. The Balaban J connectivity index is 2.28. The Kier molecular flexibility index (Phi) is 5.12. The average molecular weight is 364 g/mol. The summed E-state index contributed by atoms with van der Waals surface area (Å²) in [6, 6.07) is 3.60. The van der Waals surface area contributed by atoms with E-state index in [4.69, 9.17) is 0 Å². The third-order valence-corrected chi connectivity index (χ3v) is 6.63. The molecule has 5 nitrogen and oxygen atoms in total. The van der Waals surface area contributed by atoms with E-state index in [2.05, 4.69) is 0 Å². The van der Waals surface area contributed by atoms with E-state index in [1.54, 1.807) is 0 Å². The molecule has 1 aromatic carbocycles. The summed E-state index contributed by atoms with van der Waals surface area (Å²) in [6.07, 6.45) is -5.03. The molecule has 0 spiro atoms. The van der Waals surface area contributed by atoms with Gasteiger partial charge in [-0.15, -0.1) is 0 Å². The van der Waals surface area contributed by atoms with Gasteiger partial charge < -0.3 is 14.8 Å². The van der Waals surface area contributed by atoms with E-state index in [-0.39, 0.29) is 13.1 Å². The standard InChI is InChI=1S/C15H18F3NO4S/c1-10(11-4-3-7-19(9-11)14(20)21)24(22,23)13-6-2-5-12(8-13)15(16,17)18/h2,5-6,8,10-11H,3-4,7,9H2,1H3,(H,20,21)/p-1. The molecular formula is C15H17F3NO4S-. The Hall–Kier alpha value is -1.77. The van der Waals surface area contributed by atoms with Gasteiger partial charge >= 0.3 is 6.18 Å². The van der Waals surface area contributed by atoms with E-state index in [0.29, 0.717) is 18.9 Å². The second-order valence-corrected chi connectivity index (χ2v) is 8.19. The topological polar surface area (TPSA) is 77.5 Å². The van der Waals surface area contributed by atoms with Crippen molar-refractivity contribution in [1.29, 1.82) is 0 Å². The Labute approximate surface area is 138 Å². The third-order valence-electron chi connectivity index (χ3n) is 4.36. The number of rotatable bonds is 3. The van der Waals surface area contributed by atoms with Crippen molar-refractivity contribution in [2.45, 2.75) is 36.1 Å². The second-order valence-electron chi connectivity index (χ2n) is 5.89. The van der Waals surface area contributed by atoms with Gasteiger partial charge in [0, 0.05) is 13.1 Å². The van der Waals surface area contributed by atoms with Crippen LogP contribution < -0.4 is 5.11 Å². The minimum absolute atomic E-state index is 0.00168. The quantitative estimate of drug-likeness (QED) is 0.821. The van der Waals surface area contributed by atoms with Crippen molar-refractivity contribution in [3.63, 3.8) is 0 Å². The summed E-state index contributed by atoms with van der Waals surface area (Å²) in [5.41, 5.74) is -1.03. The third kappa shape index (κ3) is 3.82. The molecule has 0 radical (unpaired) electrons. The molecule has 1 heterocycles. The highest BCUT2D eigenvalue weighted by Crippen LogP contribution is 2.33. The zero-order valence-electron chi connectivity index (χ0n) is 12.9. The minimum Gasteiger partial charge on any atom is -0.530 e. The van der Waals surface area contributed by atoms with Crippen LogP contribution in [0.3, 0.4) is 0 Å². The molecule has 0 saturated carbocycles. The van der Waals surface area contributed by atoms with Gasteiger partial charge in [-0.3, -0.25) is 0 Å². The predicted molar refractivity (Wildman–Crippen MR) is 77.8 cm³/mol. The smallest absolute Gasteiger partial charge is 0.416 e. The van der Waals surface area contributed by atoms with Gasteiger partial charge in [-0.1, -0.05) is 6.07 Å². The molecular weight excluding hydrogens is 347 g/mol. The first kappa shape index (κ1) is 18.6. The van der Waals surface area contributed by atoms with Gasteiger partial charge in [0.25, 0.3) is 0 Å². The molecule has 9 heteroatoms. The van der Waals surface area contributed by atoms with E-state index in [1.807, 2.05) is 0 Å². The summed E-state index contributed by atoms with van der Waals surface area (Å²) < 4.78 is 63.6. The Bertz CT molecular complexity index is 718. The first-order valence-corrected chi connectivity index (χ1v) is 8.95. The summed E-state index contributed by atoms with van der Waals surface area (Å²) in [4.78, 5) is 11.6. The summed E-state index contributed by atoms with van der Waals surface area (Å²) in [5.74, 6) is -0.490. The molecule has 134 valence electrons. The maximum absolute atomic E-state index is 12.8. The minimum atomic E-state index is -4.63. The molecule has 0 aliphatic carbocycles. The number of piperidine rings is 1. The predicted octanol–water partition coefficient (Wildman–Crippen LogP) is 1.92. The average Bonchev–Trinajstić information content (AvgIpc) is 2.53. The van der Waals surface area contributed by atoms with Gasteiger partial charge in [0.15, 0.2) is 9.84 Å². The molecule has 2 unspecified atom stereocenters. The highest BCUT2D eigenvalue weighted by Gasteiger charge is 2.36. The molecule has 0 N–H and O–H groups in total. The number of hydrogen-bond donors (Lipinski definition) is 0. The Morgan fingerprint density at radius 3 is 2.62 bits per heavy atom. The van der Waals surface area contributed by atoms with Crippen molar-refractivity contribution >= 4 is 15.9 Å². The number of likely N-dealkylation sites (tertiary alicyclic amines) is 1. The summed E-state index contributed by atoms with van der Waals surface area (Å²) in [5, 5.41) is 9.94. The van der Waals surface area contributed by atoms with Crippen LogP contribution in [0.4, 0.5) is 18.0 Å². The van der Waals surface area contributed by atoms with Crippen LogP contribution in [0.1, 0.15) is 25.3 Å². The van der Waals surface area contributed by atoms with E-state index < -0.39 is 43.7 Å². The molecule has 0 aromatic heterocycles. The molecule has 24 heavy (non-hydrogen) atoms. The lowest BCUT2D eigenvalue weighted by Crippen LogP contribution is -2.49. The first-order valence-electron chi connectivity index (χ1n) is 7.40. The van der Waals surface area contributed by atoms with Crippen LogP contribution in [0.5, 0.6) is 0 Å². The van der Waals surface area contributed by atoms with Crippen LogP contribution in [0.15, 0.2) is 29.2 Å². The van der Waals surface area contributed by atoms with Crippen LogP contribution in [-0.4, -0.2) is 37.8 Å². The van der Waals surface area contributed by atoms with E-state index in [0.717, 1.165) is 23.1 Å². The van der Waals surface area contributed by atoms with Crippen molar-refractivity contribution < 1.29 is 31.5 Å². The van der Waals surface area contributed by atoms with Crippen LogP contribution in [-0.2, 0) is 16.0 Å². The van der Waals surface area contributed by atoms with Gasteiger partial charge in [0.05, 0.1) is 15.7 Å². The molecule has 1 aromatic rings. The molecule has 1 fully saturated rings. The number of halogens is 3. The number of hydrogen-bond acceptors (Lipinski definition) is 4. The van der Waals surface area contributed by atoms with Gasteiger partial charge in [-0.05, 0) is 43.9 Å². The van der Waals surface area contributed by atoms with Gasteiger partial charge in [0.1, 0.15) is 6.09 Å². The number of carboxylic acid groups (broad SMARTS) is 1. The fourth-order valence-corrected chi connectivity index (χ4v) is 4.59. The Morgan fingerprint density at radius 1 is 1.38 bits per heavy atom. The number of carbonyl (C=O) groups is 1. The first-order chi connectivity index (χ1) is 11.0. The van der Waals surface area contributed by atoms with Gasteiger partial charge in [-0.2, -0.15) is 13.2 Å². The SMILES string of the molecule is CC(C1CCCN(C(=O)[O-])C1)S(=O)(=O)c1cccc(C(F)(F)F)c1. The summed E-state index contributed by atoms with van der Waals surface area (Å²) in [7, 11) is -4.01. The zero-order valence-corrected chi connectivity index (χ0v) is 13.7. The van der Waals surface area contributed by atoms with Crippen LogP contribution >= 0.6 is 0 Å². The number of carbonyl (C=O) groups excluding carboxylic acids is 1. The lowest BCUT2D eigenvalue weighted by molar-refractivity contribution is -0.267. The maximum Gasteiger partial charge on any atom is 0.416 e. The van der Waals surface area contributed by atoms with Gasteiger partial charge in [-0.25, -0.2) is 8.42 Å². The van der Waals surface area contributed by atoms with E-state index >= 15 is 0 Å². The van der Waals surface area contributed by atoms with Crippen molar-refractivity contribution in [3.8, 4) is 0 Å². The highest BCUT2D eigenvalue weighted by atomic mass is 32.2. The van der Waals surface area contributed by atoms with E-state index in [1.165, 1.54) is 6.92 Å². The molecule has 0 bridgehead atoms. The molecule has 1 aliphatic heterocycles. The molecule has 1 aliphatic rings. The molecule has 1 amide bonds. The van der Waals surface area contributed by atoms with Crippen LogP contribution in [0.2, 0.25) is 0 Å². The van der Waals surface area contributed by atoms with Gasteiger partial charge in [0.2, 0.25) is 0 Å². The largest absolute Gasteiger partial charge is 0.530 e. The van der Waals surface area contributed by atoms with Crippen molar-refractivity contribution in [1.82, 2.24) is 4.90 Å². The number of amides is 1. The van der Waals surface area contributed by atoms with Crippen LogP contribution in [0.25, 0.3) is 0 Å². The highest BCUT2D eigenvalue weighted by molar-refractivity contribution is 7.92. The molecule has 2 rings (SSSR count). The fourth-order valence-electron chi connectivity index (χ4n) is 2.88. The fraction of sp³-hybridized carbons (Fsp3) is 0.533. The van der Waals surface area contributed by atoms with Crippen molar-refractivity contribution in [3.05, 3.63) is 29.8 Å². The molecule has 1 saturated heterocycles. The summed E-state index contributed by atoms with van der Waals surface area (Å²) >= 11 is 0. The Morgan fingerprint density at radius 2 is 2.04 bits per heavy atom. The second kappa shape index (κ2) is 6.62. The summed E-state index contributed by atoms with van der Waals surface area (Å²) in [6.45, 7) is 1.68. The lowest BCUT2D eigenvalue weighted by Gasteiger charge is -2.37. The van der Waals surface area contributed by atoms with Crippen molar-refractivity contribution in [2.24, 2.45) is 5.92 Å². The van der Waals surface area contributed by atoms with Crippen LogP contribution in [0, 0.1) is 5.92 Å².